The molecule has 1 heterocycles. The summed E-state index contributed by atoms with van der Waals surface area (Å²) in [7, 11) is 1.70. The van der Waals surface area contributed by atoms with Crippen molar-refractivity contribution < 1.29 is 9.53 Å². The number of nitrogens with one attached hydrogen (secondary N) is 2. The summed E-state index contributed by atoms with van der Waals surface area (Å²) in [4.78, 5) is 18.7. The van der Waals surface area contributed by atoms with E-state index in [1.54, 1.807) is 7.05 Å². The molecular weight excluding hydrogens is 340 g/mol. The summed E-state index contributed by atoms with van der Waals surface area (Å²) in [6.07, 6.45) is 2.67. The standard InChI is InChI=1S/C21H34N4O2/c1-5-23-21(25-11-9-18(10-12-25)14-20(26)22-4)24-15-17(3)27-19-8-6-7-16(2)13-19/h6-8,13,17-18H,5,9-12,14-15H2,1-4H3,(H,22,26)(H,23,24). The minimum Gasteiger partial charge on any atom is -0.489 e. The normalized spacial score (nSPS) is 16.7. The van der Waals surface area contributed by atoms with Crippen molar-refractivity contribution in [1.82, 2.24) is 15.5 Å². The number of likely N-dealkylation sites (tertiary alicyclic amines) is 1. The number of guanidine groups is 1. The highest BCUT2D eigenvalue weighted by atomic mass is 16.5. The lowest BCUT2D eigenvalue weighted by atomic mass is 9.93. The summed E-state index contributed by atoms with van der Waals surface area (Å²) in [6.45, 7) is 9.50. The monoisotopic (exact) mass is 374 g/mol. The molecule has 0 spiro atoms. The summed E-state index contributed by atoms with van der Waals surface area (Å²) >= 11 is 0. The fraction of sp³-hybridized carbons (Fsp3) is 0.619. The van der Waals surface area contributed by atoms with Crippen LogP contribution in [0.25, 0.3) is 0 Å². The van der Waals surface area contributed by atoms with E-state index in [0.717, 1.165) is 44.2 Å². The van der Waals surface area contributed by atoms with Gasteiger partial charge >= 0.3 is 0 Å². The van der Waals surface area contributed by atoms with Crippen LogP contribution in [0.2, 0.25) is 0 Å². The van der Waals surface area contributed by atoms with Crippen LogP contribution in [0.1, 0.15) is 38.7 Å². The van der Waals surface area contributed by atoms with Gasteiger partial charge in [-0.25, -0.2) is 4.99 Å². The van der Waals surface area contributed by atoms with Crippen molar-refractivity contribution in [2.45, 2.75) is 46.1 Å². The summed E-state index contributed by atoms with van der Waals surface area (Å²) in [5.74, 6) is 2.43. The predicted octanol–water partition coefficient (Wildman–Crippen LogP) is 2.58. The maximum atomic E-state index is 11.6. The number of benzene rings is 1. The summed E-state index contributed by atoms with van der Waals surface area (Å²) < 4.78 is 5.99. The third-order valence-electron chi connectivity index (χ3n) is 4.83. The summed E-state index contributed by atoms with van der Waals surface area (Å²) in [5, 5.41) is 6.11. The second kappa shape index (κ2) is 10.8. The number of ether oxygens (including phenoxy) is 1. The van der Waals surface area contributed by atoms with E-state index in [4.69, 9.17) is 9.73 Å². The number of aliphatic imine (C=N–C) groups is 1. The molecule has 1 amide bonds. The van der Waals surface area contributed by atoms with Crippen LogP contribution < -0.4 is 15.4 Å². The quantitative estimate of drug-likeness (QED) is 0.569. The number of nitrogens with zero attached hydrogens (tertiary/aromatic N) is 2. The second-order valence-corrected chi connectivity index (χ2v) is 7.25. The predicted molar refractivity (Wildman–Crippen MR) is 110 cm³/mol. The van der Waals surface area contributed by atoms with Gasteiger partial charge in [-0.05, 0) is 57.2 Å². The van der Waals surface area contributed by atoms with Gasteiger partial charge < -0.3 is 20.3 Å². The zero-order chi connectivity index (χ0) is 19.6. The van der Waals surface area contributed by atoms with Gasteiger partial charge in [0.05, 0.1) is 6.54 Å². The minimum absolute atomic E-state index is 0.00578. The molecule has 0 bridgehead atoms. The first-order valence-corrected chi connectivity index (χ1v) is 9.99. The lowest BCUT2D eigenvalue weighted by Crippen LogP contribution is -2.46. The van der Waals surface area contributed by atoms with E-state index in [9.17, 15) is 4.79 Å². The van der Waals surface area contributed by atoms with Gasteiger partial charge in [0.1, 0.15) is 11.9 Å². The second-order valence-electron chi connectivity index (χ2n) is 7.25. The molecule has 2 N–H and O–H groups in total. The van der Waals surface area contributed by atoms with Crippen LogP contribution in [0.15, 0.2) is 29.3 Å². The van der Waals surface area contributed by atoms with Crippen molar-refractivity contribution in [3.05, 3.63) is 29.8 Å². The Kier molecular flexibility index (Phi) is 8.43. The van der Waals surface area contributed by atoms with Crippen LogP contribution in [0.5, 0.6) is 5.75 Å². The van der Waals surface area contributed by atoms with Gasteiger partial charge in [-0.3, -0.25) is 4.79 Å². The van der Waals surface area contributed by atoms with Gasteiger partial charge in [-0.2, -0.15) is 0 Å². The van der Waals surface area contributed by atoms with E-state index in [1.165, 1.54) is 5.56 Å². The van der Waals surface area contributed by atoms with Crippen molar-refractivity contribution >= 4 is 11.9 Å². The molecule has 6 nitrogen and oxygen atoms in total. The third kappa shape index (κ3) is 7.12. The van der Waals surface area contributed by atoms with Crippen molar-refractivity contribution in [1.29, 1.82) is 0 Å². The molecule has 1 saturated heterocycles. The minimum atomic E-state index is 0.00578. The van der Waals surface area contributed by atoms with E-state index in [0.29, 0.717) is 18.9 Å². The Bertz CT molecular complexity index is 624. The molecule has 0 radical (unpaired) electrons. The number of hydrogen-bond acceptors (Lipinski definition) is 3. The molecule has 0 aromatic heterocycles. The average molecular weight is 375 g/mol. The van der Waals surface area contributed by atoms with Crippen LogP contribution in [-0.2, 0) is 4.79 Å². The molecule has 6 heteroatoms. The van der Waals surface area contributed by atoms with Gasteiger partial charge in [0.15, 0.2) is 5.96 Å². The van der Waals surface area contributed by atoms with Crippen molar-refractivity contribution in [3.63, 3.8) is 0 Å². The third-order valence-corrected chi connectivity index (χ3v) is 4.83. The van der Waals surface area contributed by atoms with Crippen molar-refractivity contribution in [2.24, 2.45) is 10.9 Å². The Labute approximate surface area is 163 Å². The first-order chi connectivity index (χ1) is 13.0. The van der Waals surface area contributed by atoms with Gasteiger partial charge in [-0.1, -0.05) is 12.1 Å². The molecule has 150 valence electrons. The molecule has 0 aliphatic carbocycles. The summed E-state index contributed by atoms with van der Waals surface area (Å²) in [5.41, 5.74) is 1.19. The van der Waals surface area contributed by atoms with Crippen LogP contribution in [0, 0.1) is 12.8 Å². The topological polar surface area (TPSA) is 66.0 Å². The molecule has 27 heavy (non-hydrogen) atoms. The van der Waals surface area contributed by atoms with Crippen molar-refractivity contribution in [3.8, 4) is 5.75 Å². The van der Waals surface area contributed by atoms with E-state index < -0.39 is 0 Å². The van der Waals surface area contributed by atoms with Crippen LogP contribution in [-0.4, -0.2) is 56.1 Å². The number of piperidine rings is 1. The number of carbonyl (C=O) groups excluding carboxylic acids is 1. The Morgan fingerprint density at radius 3 is 2.74 bits per heavy atom. The molecule has 1 unspecified atom stereocenters. The lowest BCUT2D eigenvalue weighted by Gasteiger charge is -2.34. The smallest absolute Gasteiger partial charge is 0.220 e. The fourth-order valence-electron chi connectivity index (χ4n) is 3.31. The summed E-state index contributed by atoms with van der Waals surface area (Å²) in [6, 6.07) is 8.10. The van der Waals surface area contributed by atoms with Gasteiger partial charge in [0, 0.05) is 33.1 Å². The highest BCUT2D eigenvalue weighted by Crippen LogP contribution is 2.20. The Morgan fingerprint density at radius 2 is 2.11 bits per heavy atom. The molecule has 1 aromatic carbocycles. The Morgan fingerprint density at radius 1 is 1.37 bits per heavy atom. The number of hydrogen-bond donors (Lipinski definition) is 2. The molecule has 1 aliphatic heterocycles. The molecule has 0 saturated carbocycles. The average Bonchev–Trinajstić information content (AvgIpc) is 2.65. The van der Waals surface area contributed by atoms with Crippen LogP contribution >= 0.6 is 0 Å². The number of aryl methyl sites for hydroxylation is 1. The van der Waals surface area contributed by atoms with Gasteiger partial charge in [0.25, 0.3) is 0 Å². The molecule has 1 atom stereocenters. The van der Waals surface area contributed by atoms with E-state index in [2.05, 4.69) is 35.4 Å². The number of carbonyl (C=O) groups is 1. The molecule has 2 rings (SSSR count). The Balaban J connectivity index is 1.87. The van der Waals surface area contributed by atoms with Gasteiger partial charge in [-0.15, -0.1) is 0 Å². The lowest BCUT2D eigenvalue weighted by molar-refractivity contribution is -0.121. The molecule has 1 aliphatic rings. The fourth-order valence-corrected chi connectivity index (χ4v) is 3.31. The van der Waals surface area contributed by atoms with E-state index in [-0.39, 0.29) is 12.0 Å². The zero-order valence-corrected chi connectivity index (χ0v) is 17.1. The number of rotatable bonds is 7. The van der Waals surface area contributed by atoms with Gasteiger partial charge in [0.2, 0.25) is 5.91 Å². The molecule has 1 aromatic rings. The van der Waals surface area contributed by atoms with Crippen molar-refractivity contribution in [2.75, 3.05) is 33.2 Å². The molecule has 1 fully saturated rings. The Hall–Kier alpha value is -2.24. The van der Waals surface area contributed by atoms with Crippen LogP contribution in [0.3, 0.4) is 0 Å². The van der Waals surface area contributed by atoms with E-state index in [1.807, 2.05) is 25.1 Å². The number of amides is 1. The largest absolute Gasteiger partial charge is 0.489 e. The first-order valence-electron chi connectivity index (χ1n) is 9.99. The SMILES string of the molecule is CCNC(=NCC(C)Oc1cccc(C)c1)N1CCC(CC(=O)NC)CC1. The maximum Gasteiger partial charge on any atom is 0.220 e. The maximum absolute atomic E-state index is 11.6. The highest BCUT2D eigenvalue weighted by molar-refractivity contribution is 5.80. The van der Waals surface area contributed by atoms with Crippen LogP contribution in [0.4, 0.5) is 0 Å². The molecular formula is C21H34N4O2. The first kappa shape index (κ1) is 21.1. The van der Waals surface area contributed by atoms with E-state index >= 15 is 0 Å². The zero-order valence-electron chi connectivity index (χ0n) is 17.1. The highest BCUT2D eigenvalue weighted by Gasteiger charge is 2.23.